The summed E-state index contributed by atoms with van der Waals surface area (Å²) in [6.45, 7) is 3.16. The highest BCUT2D eigenvalue weighted by atomic mass is 15.4. The van der Waals surface area contributed by atoms with E-state index in [2.05, 4.69) is 54.9 Å². The van der Waals surface area contributed by atoms with Gasteiger partial charge in [-0.2, -0.15) is 5.10 Å². The Hall–Kier alpha value is -1.68. The predicted octanol–water partition coefficient (Wildman–Crippen LogP) is 4.19. The maximum Gasteiger partial charge on any atom is 0.152 e. The van der Waals surface area contributed by atoms with E-state index < -0.39 is 0 Å². The topological polar surface area (TPSA) is 34.0 Å². The van der Waals surface area contributed by atoms with Crippen molar-refractivity contribution in [2.24, 2.45) is 11.3 Å². The van der Waals surface area contributed by atoms with E-state index in [1.54, 1.807) is 0 Å². The zero-order chi connectivity index (χ0) is 18.1. The molecule has 0 saturated heterocycles. The van der Waals surface area contributed by atoms with Crippen molar-refractivity contribution in [3.8, 4) is 5.69 Å². The van der Waals surface area contributed by atoms with Crippen LogP contribution in [0.25, 0.3) is 5.69 Å². The molecule has 2 aromatic rings. The highest BCUT2D eigenvalue weighted by Crippen LogP contribution is 2.57. The van der Waals surface area contributed by atoms with E-state index in [-0.39, 0.29) is 0 Å². The summed E-state index contributed by atoms with van der Waals surface area (Å²) in [4.78, 5) is 7.19. The number of hydrogen-bond acceptors (Lipinski definition) is 3. The summed E-state index contributed by atoms with van der Waals surface area (Å²) < 4.78 is 2.13. The first-order valence-corrected chi connectivity index (χ1v) is 10.2. The molecule has 1 spiro atoms. The van der Waals surface area contributed by atoms with Gasteiger partial charge >= 0.3 is 0 Å². The van der Waals surface area contributed by atoms with E-state index in [0.717, 1.165) is 37.0 Å². The molecule has 0 amide bonds. The molecule has 2 aliphatic rings. The highest BCUT2D eigenvalue weighted by Gasteiger charge is 2.45. The third kappa shape index (κ3) is 3.85. The molecule has 140 valence electrons. The van der Waals surface area contributed by atoms with Crippen molar-refractivity contribution in [2.75, 3.05) is 20.6 Å². The molecule has 4 heteroatoms. The molecular weight excluding hydrogens is 320 g/mol. The molecule has 0 radical (unpaired) electrons. The van der Waals surface area contributed by atoms with Crippen molar-refractivity contribution >= 4 is 0 Å². The monoisotopic (exact) mass is 352 g/mol. The van der Waals surface area contributed by atoms with Crippen LogP contribution in [0.5, 0.6) is 0 Å². The second-order valence-corrected chi connectivity index (χ2v) is 8.86. The lowest BCUT2D eigenvalue weighted by molar-refractivity contribution is 0.243. The van der Waals surface area contributed by atoms with E-state index in [4.69, 9.17) is 10.1 Å². The number of aryl methyl sites for hydroxylation is 1. The Labute approximate surface area is 157 Å². The SMILES string of the molecule is Cc1ccccc1-n1nc(CCN(C)C)nc1CC1CCCC2(CC2)C1. The molecule has 4 rings (SSSR count). The van der Waals surface area contributed by atoms with Gasteiger partial charge in [-0.25, -0.2) is 9.67 Å². The molecule has 1 atom stereocenters. The molecule has 2 fully saturated rings. The molecule has 2 saturated carbocycles. The molecule has 0 bridgehead atoms. The molecule has 4 nitrogen and oxygen atoms in total. The third-order valence-electron chi connectivity index (χ3n) is 6.31. The van der Waals surface area contributed by atoms with E-state index >= 15 is 0 Å². The average molecular weight is 353 g/mol. The minimum Gasteiger partial charge on any atom is -0.309 e. The number of aromatic nitrogens is 3. The van der Waals surface area contributed by atoms with Gasteiger partial charge in [0.05, 0.1) is 5.69 Å². The summed E-state index contributed by atoms with van der Waals surface area (Å²) >= 11 is 0. The minimum atomic E-state index is 0.712. The molecule has 26 heavy (non-hydrogen) atoms. The third-order valence-corrected chi connectivity index (χ3v) is 6.31. The van der Waals surface area contributed by atoms with Crippen LogP contribution in [0.1, 0.15) is 55.7 Å². The Bertz CT molecular complexity index is 757. The number of hydrogen-bond donors (Lipinski definition) is 0. The van der Waals surface area contributed by atoms with Crippen LogP contribution in [0, 0.1) is 18.3 Å². The fourth-order valence-corrected chi connectivity index (χ4v) is 4.59. The normalized spacial score (nSPS) is 21.5. The van der Waals surface area contributed by atoms with Crippen LogP contribution in [-0.2, 0) is 12.8 Å². The Balaban J connectivity index is 1.59. The highest BCUT2D eigenvalue weighted by molar-refractivity contribution is 5.40. The number of likely N-dealkylation sites (N-methyl/N-ethyl adjacent to an activating group) is 1. The molecule has 1 aromatic carbocycles. The summed E-state index contributed by atoms with van der Waals surface area (Å²) in [6.07, 6.45) is 10.5. The average Bonchev–Trinajstić information content (AvgIpc) is 3.23. The van der Waals surface area contributed by atoms with Gasteiger partial charge in [0.2, 0.25) is 0 Å². The first-order valence-electron chi connectivity index (χ1n) is 10.2. The van der Waals surface area contributed by atoms with E-state index in [1.165, 1.54) is 49.8 Å². The van der Waals surface area contributed by atoms with Gasteiger partial charge in [0.15, 0.2) is 5.82 Å². The standard InChI is InChI=1S/C22H32N4/c1-17-7-4-5-9-19(17)26-21(23-20(24-26)10-14-25(2)3)15-18-8-6-11-22(16-18)12-13-22/h4-5,7,9,18H,6,8,10-16H2,1-3H3. The Morgan fingerprint density at radius 1 is 1.19 bits per heavy atom. The maximum atomic E-state index is 4.99. The van der Waals surface area contributed by atoms with Gasteiger partial charge < -0.3 is 4.90 Å². The van der Waals surface area contributed by atoms with Gasteiger partial charge in [-0.3, -0.25) is 0 Å². The molecule has 1 heterocycles. The lowest BCUT2D eigenvalue weighted by Gasteiger charge is -2.28. The first kappa shape index (κ1) is 17.7. The molecule has 0 N–H and O–H groups in total. The zero-order valence-corrected chi connectivity index (χ0v) is 16.5. The fraction of sp³-hybridized carbons (Fsp3) is 0.636. The van der Waals surface area contributed by atoms with Crippen LogP contribution < -0.4 is 0 Å². The number of benzene rings is 1. The summed E-state index contributed by atoms with van der Waals surface area (Å²) in [5.74, 6) is 2.92. The van der Waals surface area contributed by atoms with E-state index in [9.17, 15) is 0 Å². The maximum absolute atomic E-state index is 4.99. The quantitative estimate of drug-likeness (QED) is 0.781. The molecule has 2 aliphatic carbocycles. The largest absolute Gasteiger partial charge is 0.309 e. The summed E-state index contributed by atoms with van der Waals surface area (Å²) in [7, 11) is 4.21. The number of para-hydroxylation sites is 1. The van der Waals surface area contributed by atoms with Crippen molar-refractivity contribution in [3.05, 3.63) is 41.5 Å². The van der Waals surface area contributed by atoms with Crippen molar-refractivity contribution in [1.29, 1.82) is 0 Å². The van der Waals surface area contributed by atoms with Crippen LogP contribution in [0.15, 0.2) is 24.3 Å². The fourth-order valence-electron chi connectivity index (χ4n) is 4.59. The van der Waals surface area contributed by atoms with Crippen LogP contribution in [0.4, 0.5) is 0 Å². The molecule has 1 unspecified atom stereocenters. The smallest absolute Gasteiger partial charge is 0.152 e. The van der Waals surface area contributed by atoms with Gasteiger partial charge in [-0.1, -0.05) is 24.6 Å². The summed E-state index contributed by atoms with van der Waals surface area (Å²) in [6, 6.07) is 8.54. The van der Waals surface area contributed by atoms with Gasteiger partial charge in [0, 0.05) is 19.4 Å². The van der Waals surface area contributed by atoms with Gasteiger partial charge in [-0.15, -0.1) is 0 Å². The van der Waals surface area contributed by atoms with E-state index in [1.807, 2.05) is 0 Å². The summed E-state index contributed by atoms with van der Waals surface area (Å²) in [5.41, 5.74) is 3.16. The predicted molar refractivity (Wildman–Crippen MR) is 106 cm³/mol. The van der Waals surface area contributed by atoms with Gasteiger partial charge in [0.1, 0.15) is 5.82 Å². The first-order chi connectivity index (χ1) is 12.5. The Morgan fingerprint density at radius 2 is 2.00 bits per heavy atom. The number of rotatable bonds is 6. The van der Waals surface area contributed by atoms with Gasteiger partial charge in [0.25, 0.3) is 0 Å². The summed E-state index contributed by atoms with van der Waals surface area (Å²) in [5, 5.41) is 4.91. The number of nitrogens with zero attached hydrogens (tertiary/aromatic N) is 4. The lowest BCUT2D eigenvalue weighted by atomic mass is 9.77. The van der Waals surface area contributed by atoms with Gasteiger partial charge in [-0.05, 0) is 76.1 Å². The van der Waals surface area contributed by atoms with Crippen molar-refractivity contribution < 1.29 is 0 Å². The molecule has 1 aromatic heterocycles. The molecule has 0 aliphatic heterocycles. The molecular formula is C22H32N4. The second kappa shape index (κ2) is 7.15. The van der Waals surface area contributed by atoms with Crippen molar-refractivity contribution in [2.45, 2.75) is 58.3 Å². The Kier molecular flexibility index (Phi) is 4.87. The Morgan fingerprint density at radius 3 is 2.73 bits per heavy atom. The van der Waals surface area contributed by atoms with Crippen LogP contribution in [0.3, 0.4) is 0 Å². The second-order valence-electron chi connectivity index (χ2n) is 8.86. The van der Waals surface area contributed by atoms with Crippen molar-refractivity contribution in [1.82, 2.24) is 19.7 Å². The zero-order valence-electron chi connectivity index (χ0n) is 16.5. The van der Waals surface area contributed by atoms with Crippen molar-refractivity contribution in [3.63, 3.8) is 0 Å². The van der Waals surface area contributed by atoms with Crippen LogP contribution >= 0.6 is 0 Å². The van der Waals surface area contributed by atoms with Crippen LogP contribution in [-0.4, -0.2) is 40.3 Å². The van der Waals surface area contributed by atoms with E-state index in [0.29, 0.717) is 5.41 Å². The minimum absolute atomic E-state index is 0.712. The van der Waals surface area contributed by atoms with Crippen LogP contribution in [0.2, 0.25) is 0 Å². The lowest BCUT2D eigenvalue weighted by Crippen LogP contribution is -2.20.